The molecule has 0 saturated carbocycles. The van der Waals surface area contributed by atoms with E-state index in [1.165, 1.54) is 16.9 Å². The van der Waals surface area contributed by atoms with Gasteiger partial charge < -0.3 is 19.7 Å². The van der Waals surface area contributed by atoms with Gasteiger partial charge in [-0.1, -0.05) is 0 Å². The molecule has 0 unspecified atom stereocenters. The number of fused-ring (bicyclic) bond motifs is 1. The Morgan fingerprint density at radius 3 is 2.96 bits per heavy atom. The van der Waals surface area contributed by atoms with Crippen LogP contribution in [0, 0.1) is 22.2 Å². The van der Waals surface area contributed by atoms with Gasteiger partial charge in [0, 0.05) is 0 Å². The lowest BCUT2D eigenvalue weighted by atomic mass is 9.92. The number of hydrogen-bond acceptors (Lipinski definition) is 8. The van der Waals surface area contributed by atoms with E-state index in [0.29, 0.717) is 0 Å². The summed E-state index contributed by atoms with van der Waals surface area (Å²) >= 11 is 0. The van der Waals surface area contributed by atoms with Gasteiger partial charge in [-0.2, -0.15) is 5.26 Å². The Hall–Kier alpha value is -2.74. The Labute approximate surface area is 155 Å². The van der Waals surface area contributed by atoms with Gasteiger partial charge in [0.25, 0.3) is 0 Å². The molecule has 2 aromatic rings. The highest BCUT2D eigenvalue weighted by Crippen LogP contribution is 2.41. The predicted molar refractivity (Wildman–Crippen MR) is 90.0 cm³/mol. The maximum atomic E-state index is 12.3. The molecule has 1 saturated heterocycles. The van der Waals surface area contributed by atoms with Crippen molar-refractivity contribution in [3.63, 3.8) is 0 Å². The van der Waals surface area contributed by atoms with Gasteiger partial charge >= 0.3 is 5.97 Å². The van der Waals surface area contributed by atoms with E-state index in [2.05, 4.69) is 10.1 Å². The summed E-state index contributed by atoms with van der Waals surface area (Å²) in [5.74, 6) is -0.627. The van der Waals surface area contributed by atoms with Crippen LogP contribution in [-0.2, 0) is 19.9 Å². The zero-order valence-corrected chi connectivity index (χ0v) is 15.1. The first-order valence-corrected chi connectivity index (χ1v) is 8.26. The number of rotatable bonds is 3. The smallest absolute Gasteiger partial charge is 0.311 e. The van der Waals surface area contributed by atoms with Gasteiger partial charge in [-0.3, -0.25) is 19.8 Å². The molecule has 2 aromatic heterocycles. The van der Waals surface area contributed by atoms with Crippen molar-refractivity contribution in [1.82, 2.24) is 14.6 Å². The molecule has 10 heteroatoms. The van der Waals surface area contributed by atoms with E-state index in [9.17, 15) is 20.3 Å². The zero-order chi connectivity index (χ0) is 20.9. The molecule has 4 atom stereocenters. The fraction of sp³-hybridized carbons (Fsp3) is 0.529. The first kappa shape index (κ1) is 17.7. The minimum atomic E-state index is -2.04. The molecule has 3 heterocycles. The molecular formula is C17H21N5O5. The van der Waals surface area contributed by atoms with E-state index in [-0.39, 0.29) is 22.7 Å². The van der Waals surface area contributed by atoms with Crippen molar-refractivity contribution < 1.29 is 25.9 Å². The van der Waals surface area contributed by atoms with Crippen LogP contribution >= 0.6 is 0 Å². The molecule has 27 heavy (non-hydrogen) atoms. The van der Waals surface area contributed by atoms with Crippen LogP contribution in [0.1, 0.15) is 27.8 Å². The highest BCUT2D eigenvalue weighted by Gasteiger charge is 2.59. The van der Waals surface area contributed by atoms with Gasteiger partial charge in [-0.15, -0.1) is 0 Å². The molecule has 4 N–H and O–H groups in total. The SMILES string of the molecule is [2H]c1cc([C@]2(C#N)O[C@H](CO)[C@@H](OC(=O)C(C)(C)C)[C@H]2O)n2[nH]cnc(=N)c12. The van der Waals surface area contributed by atoms with Gasteiger partial charge in [0.2, 0.25) is 5.60 Å². The largest absolute Gasteiger partial charge is 0.456 e. The number of carbonyl (C=O) groups excluding carboxylic acids is 1. The third-order valence-corrected chi connectivity index (χ3v) is 4.43. The molecule has 1 aliphatic rings. The Morgan fingerprint density at radius 1 is 1.67 bits per heavy atom. The number of nitriles is 1. The van der Waals surface area contributed by atoms with Crippen molar-refractivity contribution in [2.45, 2.75) is 44.7 Å². The topological polar surface area (TPSA) is 157 Å². The Balaban J connectivity index is 2.12. The van der Waals surface area contributed by atoms with Crippen LogP contribution in [0.25, 0.3) is 5.52 Å². The number of nitrogens with one attached hydrogen (secondary N) is 2. The van der Waals surface area contributed by atoms with Crippen LogP contribution in [0.2, 0.25) is 0 Å². The molecule has 144 valence electrons. The van der Waals surface area contributed by atoms with Crippen molar-refractivity contribution in [2.75, 3.05) is 6.61 Å². The highest BCUT2D eigenvalue weighted by atomic mass is 16.6. The van der Waals surface area contributed by atoms with E-state index in [1.54, 1.807) is 20.8 Å². The monoisotopic (exact) mass is 376 g/mol. The third kappa shape index (κ3) is 2.90. The van der Waals surface area contributed by atoms with E-state index in [1.807, 2.05) is 6.07 Å². The average molecular weight is 376 g/mol. The summed E-state index contributed by atoms with van der Waals surface area (Å²) in [6.45, 7) is 4.30. The minimum absolute atomic E-state index is 0.0335. The van der Waals surface area contributed by atoms with Crippen molar-refractivity contribution in [3.05, 3.63) is 29.6 Å². The molecule has 0 bridgehead atoms. The average Bonchev–Trinajstić information content (AvgIpc) is 3.11. The third-order valence-electron chi connectivity index (χ3n) is 4.43. The summed E-state index contributed by atoms with van der Waals surface area (Å²) in [5, 5.41) is 41.1. The van der Waals surface area contributed by atoms with Crippen LogP contribution in [0.4, 0.5) is 0 Å². The number of esters is 1. The lowest BCUT2D eigenvalue weighted by Gasteiger charge is -2.26. The second kappa shape index (κ2) is 6.45. The molecular weight excluding hydrogens is 354 g/mol. The van der Waals surface area contributed by atoms with Crippen LogP contribution < -0.4 is 5.49 Å². The van der Waals surface area contributed by atoms with E-state index >= 15 is 0 Å². The summed E-state index contributed by atoms with van der Waals surface area (Å²) in [5.41, 5.74) is -2.99. The van der Waals surface area contributed by atoms with Gasteiger partial charge in [0.15, 0.2) is 11.6 Å². The Morgan fingerprint density at radius 2 is 2.37 bits per heavy atom. The van der Waals surface area contributed by atoms with Crippen molar-refractivity contribution in [1.29, 1.82) is 10.7 Å². The molecule has 0 amide bonds. The van der Waals surface area contributed by atoms with Crippen LogP contribution in [0.15, 0.2) is 18.4 Å². The number of aromatic amines is 1. The summed E-state index contributed by atoms with van der Waals surface area (Å²) in [6, 6.07) is 3.05. The second-order valence-electron chi connectivity index (χ2n) is 7.34. The van der Waals surface area contributed by atoms with Gasteiger partial charge in [-0.05, 0) is 32.9 Å². The second-order valence-corrected chi connectivity index (χ2v) is 7.34. The maximum Gasteiger partial charge on any atom is 0.311 e. The molecule has 0 spiro atoms. The first-order chi connectivity index (χ1) is 13.1. The van der Waals surface area contributed by atoms with E-state index in [4.69, 9.17) is 16.3 Å². The molecule has 1 aliphatic heterocycles. The van der Waals surface area contributed by atoms with Gasteiger partial charge in [0.1, 0.15) is 30.1 Å². The molecule has 0 aromatic carbocycles. The van der Waals surface area contributed by atoms with E-state index in [0.717, 1.165) is 0 Å². The summed E-state index contributed by atoms with van der Waals surface area (Å²) in [7, 11) is 0. The van der Waals surface area contributed by atoms with Gasteiger partial charge in [-0.25, -0.2) is 4.98 Å². The first-order valence-electron chi connectivity index (χ1n) is 8.76. The van der Waals surface area contributed by atoms with Crippen LogP contribution in [0.5, 0.6) is 0 Å². The normalized spacial score (nSPS) is 28.7. The molecule has 0 radical (unpaired) electrons. The number of hydrogen-bond donors (Lipinski definition) is 4. The van der Waals surface area contributed by atoms with Crippen molar-refractivity contribution >= 4 is 11.5 Å². The lowest BCUT2D eigenvalue weighted by molar-refractivity contribution is -0.166. The summed E-state index contributed by atoms with van der Waals surface area (Å²) in [6.07, 6.45) is -2.90. The standard InChI is InChI=1S/C17H21N5O5/c1-16(2,3)15(25)26-12-10(6-23)27-17(7-18,13(12)24)11-5-4-9-14(19)20-8-21-22(9)11/h4-5,8,10,12-13,23-24H,6H2,1-3H3,(H2,19,20,21)/t10-,12-,13-,17+/m1/s1/i4D. The molecule has 1 fully saturated rings. The summed E-state index contributed by atoms with van der Waals surface area (Å²) < 4.78 is 20.4. The number of carbonyl (C=O) groups is 1. The quantitative estimate of drug-likeness (QED) is 0.529. The van der Waals surface area contributed by atoms with Crippen molar-refractivity contribution in [3.8, 4) is 6.07 Å². The Bertz CT molecular complexity index is 1020. The molecule has 3 rings (SSSR count). The summed E-state index contributed by atoms with van der Waals surface area (Å²) in [4.78, 5) is 16.1. The molecule has 10 nitrogen and oxygen atoms in total. The lowest BCUT2D eigenvalue weighted by Crippen LogP contribution is -2.44. The number of aliphatic hydroxyl groups excluding tert-OH is 2. The Kier molecular flexibility index (Phi) is 4.22. The van der Waals surface area contributed by atoms with Crippen LogP contribution in [0.3, 0.4) is 0 Å². The number of nitrogens with zero attached hydrogens (tertiary/aromatic N) is 3. The van der Waals surface area contributed by atoms with E-state index < -0.39 is 41.9 Å². The number of ether oxygens (including phenoxy) is 2. The van der Waals surface area contributed by atoms with Gasteiger partial charge in [0.05, 0.1) is 19.1 Å². The number of H-pyrrole nitrogens is 1. The predicted octanol–water partition coefficient (Wildman–Crippen LogP) is -0.429. The fourth-order valence-corrected chi connectivity index (χ4v) is 2.93. The number of aromatic nitrogens is 3. The molecule has 0 aliphatic carbocycles. The maximum absolute atomic E-state index is 12.3. The van der Waals surface area contributed by atoms with Crippen LogP contribution in [-0.4, -0.2) is 55.7 Å². The zero-order valence-electron chi connectivity index (χ0n) is 16.1. The number of aliphatic hydroxyl groups is 2. The minimum Gasteiger partial charge on any atom is -0.456 e. The fourth-order valence-electron chi connectivity index (χ4n) is 2.93. The van der Waals surface area contributed by atoms with Crippen molar-refractivity contribution in [2.24, 2.45) is 5.41 Å². The highest BCUT2D eigenvalue weighted by molar-refractivity contribution is 5.75.